The van der Waals surface area contributed by atoms with Gasteiger partial charge in [-0.2, -0.15) is 0 Å². The van der Waals surface area contributed by atoms with Gasteiger partial charge < -0.3 is 31.4 Å². The lowest BCUT2D eigenvalue weighted by molar-refractivity contribution is -0.146. The lowest BCUT2D eigenvalue weighted by Crippen LogP contribution is -2.73. The first-order valence-corrected chi connectivity index (χ1v) is 9.23. The highest BCUT2D eigenvalue weighted by Crippen LogP contribution is 2.42. The molecule has 0 radical (unpaired) electrons. The van der Waals surface area contributed by atoms with Crippen molar-refractivity contribution in [1.29, 1.82) is 0 Å². The third-order valence-electron chi connectivity index (χ3n) is 3.99. The van der Waals surface area contributed by atoms with Crippen LogP contribution in [-0.2, 0) is 9.59 Å². The predicted molar refractivity (Wildman–Crippen MR) is 95.7 cm³/mol. The minimum Gasteiger partial charge on any atom is -0.477 e. The number of anilines is 1. The molecule has 0 aliphatic carbocycles. The maximum Gasteiger partial charge on any atom is 0.352 e. The highest BCUT2D eigenvalue weighted by molar-refractivity contribution is 8.00. The smallest absolute Gasteiger partial charge is 0.352 e. The topological polar surface area (TPSA) is 161 Å². The molecule has 1 aromatic heterocycles. The number of aliphatic hydroxyl groups excluding tert-OH is 1. The third-order valence-corrected chi connectivity index (χ3v) is 6.00. The Hall–Kier alpha value is -2.57. The van der Waals surface area contributed by atoms with E-state index in [4.69, 9.17) is 10.9 Å². The van der Waals surface area contributed by atoms with Gasteiger partial charge in [0, 0.05) is 11.1 Å². The molecule has 0 bridgehead atoms. The Balaban J connectivity index is 1.77. The van der Waals surface area contributed by atoms with Gasteiger partial charge >= 0.3 is 5.97 Å². The van der Waals surface area contributed by atoms with Crippen molar-refractivity contribution >= 4 is 45.8 Å². The van der Waals surface area contributed by atoms with Gasteiger partial charge in [-0.1, -0.05) is 17.8 Å². The number of thiazole rings is 1. The van der Waals surface area contributed by atoms with Gasteiger partial charge in [0.1, 0.15) is 22.8 Å². The van der Waals surface area contributed by atoms with Gasteiger partial charge in [-0.3, -0.25) is 4.79 Å². The normalized spacial score (nSPS) is 25.3. The zero-order valence-electron chi connectivity index (χ0n) is 13.2. The molecule has 2 aliphatic rings. The molecule has 138 valence electrons. The maximum absolute atomic E-state index is 12.4. The molecule has 6 N–H and O–H groups in total. The summed E-state index contributed by atoms with van der Waals surface area (Å²) in [6.45, 7) is 3.59. The van der Waals surface area contributed by atoms with Crippen molar-refractivity contribution in [3.63, 3.8) is 0 Å². The van der Waals surface area contributed by atoms with E-state index in [2.05, 4.69) is 22.0 Å². The Labute approximate surface area is 155 Å². The molecule has 3 rings (SSSR count). The fourth-order valence-corrected chi connectivity index (χ4v) is 4.73. The van der Waals surface area contributed by atoms with Crippen LogP contribution in [0.4, 0.5) is 5.13 Å². The van der Waals surface area contributed by atoms with Crippen molar-refractivity contribution < 1.29 is 25.0 Å². The average Bonchev–Trinajstić information content (AvgIpc) is 3.04. The van der Waals surface area contributed by atoms with Crippen LogP contribution < -0.4 is 11.1 Å². The second-order valence-corrected chi connectivity index (χ2v) is 7.42. The summed E-state index contributed by atoms with van der Waals surface area (Å²) in [6, 6.07) is -0.749. The number of hydrogen-bond donors (Lipinski definition) is 5. The van der Waals surface area contributed by atoms with Crippen LogP contribution in [-0.4, -0.2) is 66.3 Å². The second kappa shape index (κ2) is 6.97. The molecule has 1 saturated heterocycles. The molecule has 2 aliphatic heterocycles. The van der Waals surface area contributed by atoms with Crippen molar-refractivity contribution in [2.45, 2.75) is 17.6 Å². The van der Waals surface area contributed by atoms with E-state index in [-0.39, 0.29) is 22.2 Å². The van der Waals surface area contributed by atoms with E-state index in [1.54, 1.807) is 0 Å². The summed E-state index contributed by atoms with van der Waals surface area (Å²) in [4.78, 5) is 29.1. The zero-order valence-corrected chi connectivity index (χ0v) is 14.8. The van der Waals surface area contributed by atoms with E-state index in [0.29, 0.717) is 11.3 Å². The fraction of sp³-hybridized carbons (Fsp3) is 0.286. The summed E-state index contributed by atoms with van der Waals surface area (Å²) in [5.74, 6) is -1.54. The van der Waals surface area contributed by atoms with Crippen LogP contribution in [0, 0.1) is 0 Å². The molecule has 3 heterocycles. The Morgan fingerprint density at radius 1 is 1.54 bits per heavy atom. The zero-order chi connectivity index (χ0) is 19.0. The minimum atomic E-state index is -1.24. The molecule has 0 aromatic carbocycles. The number of aromatic nitrogens is 1. The highest BCUT2D eigenvalue weighted by Gasteiger charge is 2.53. The van der Waals surface area contributed by atoms with E-state index < -0.39 is 29.5 Å². The molecular weight excluding hydrogens is 382 g/mol. The number of aliphatic hydroxyl groups is 1. The van der Waals surface area contributed by atoms with Gasteiger partial charge in [-0.05, 0) is 5.57 Å². The molecule has 10 nitrogen and oxygen atoms in total. The number of rotatable bonds is 5. The molecule has 1 aromatic rings. The van der Waals surface area contributed by atoms with Crippen LogP contribution in [0.25, 0.3) is 0 Å². The predicted octanol–water partition coefficient (Wildman–Crippen LogP) is -0.380. The highest BCUT2D eigenvalue weighted by atomic mass is 32.2. The number of aliphatic carboxylic acids is 1. The van der Waals surface area contributed by atoms with Crippen molar-refractivity contribution in [3.8, 4) is 0 Å². The lowest BCUT2D eigenvalue weighted by atomic mass is 10.0. The number of nitrogens with one attached hydrogen (secondary N) is 1. The number of oxime groups is 1. The van der Waals surface area contributed by atoms with Crippen LogP contribution in [0.3, 0.4) is 0 Å². The summed E-state index contributed by atoms with van der Waals surface area (Å²) in [5, 5.41) is 35.6. The number of nitrogen functional groups attached to an aromatic ring is 1. The monoisotopic (exact) mass is 397 g/mol. The quantitative estimate of drug-likeness (QED) is 0.253. The van der Waals surface area contributed by atoms with Crippen molar-refractivity contribution in [2.75, 3.05) is 11.5 Å². The lowest BCUT2D eigenvalue weighted by Gasteiger charge is -2.55. The van der Waals surface area contributed by atoms with Gasteiger partial charge in [0.25, 0.3) is 5.91 Å². The molecule has 1 unspecified atom stereocenters. The van der Waals surface area contributed by atoms with Gasteiger partial charge in [-0.25, -0.2) is 9.78 Å². The van der Waals surface area contributed by atoms with E-state index in [1.807, 2.05) is 0 Å². The van der Waals surface area contributed by atoms with Crippen LogP contribution >= 0.6 is 23.1 Å². The number of nitrogens with zero attached hydrogens (tertiary/aromatic N) is 3. The second-order valence-electron chi connectivity index (χ2n) is 5.42. The molecular formula is C14H15N5O5S2. The number of allylic oxidation sites excluding steroid dienone is 1. The summed E-state index contributed by atoms with van der Waals surface area (Å²) in [6.07, 6.45) is 0.201. The molecule has 0 saturated carbocycles. The minimum absolute atomic E-state index is 0.0370. The Kier molecular flexibility index (Phi) is 4.89. The van der Waals surface area contributed by atoms with Gasteiger partial charge in [0.2, 0.25) is 0 Å². The van der Waals surface area contributed by atoms with Crippen LogP contribution in [0.5, 0.6) is 0 Å². The number of thioether (sulfide) groups is 1. The number of hydrogen-bond acceptors (Lipinski definition) is 10. The largest absolute Gasteiger partial charge is 0.477 e. The first-order valence-electron chi connectivity index (χ1n) is 7.30. The molecule has 3 atom stereocenters. The molecule has 0 spiro atoms. The van der Waals surface area contributed by atoms with Crippen molar-refractivity contribution in [2.24, 2.45) is 5.16 Å². The number of fused-ring (bicyclic) bond motifs is 1. The number of carbonyl (C=O) groups excluding carboxylic acids is 1. The third kappa shape index (κ3) is 2.91. The summed E-state index contributed by atoms with van der Waals surface area (Å²) >= 11 is 2.44. The molecule has 1 fully saturated rings. The van der Waals surface area contributed by atoms with E-state index in [0.717, 1.165) is 11.3 Å². The Bertz CT molecular complexity index is 835. The summed E-state index contributed by atoms with van der Waals surface area (Å²) < 4.78 is 0. The number of carboxylic acid groups (broad SMARTS) is 1. The standard InChI is InChI=1S/C14H15N5O5S2/c1-2-5-3-25-12-8(11(21)19(12)9(5)13(22)23)17-10(20)7(18-24)6-4-26-14(15)16-6/h2,4,8,11-12,21,24H,1,3H2,(H2,15,16)(H,17,20)(H,22,23)/b18-7-/t8-,11+,12?/m1/s1. The average molecular weight is 397 g/mol. The summed E-state index contributed by atoms with van der Waals surface area (Å²) in [5.41, 5.74) is 5.73. The molecule has 12 heteroatoms. The SMILES string of the molecule is C=CC1=C(C(=O)O)N2C(SC1)[C@H](NC(=O)/C(=N\O)c1csc(N)n1)[C@@H]2O. The van der Waals surface area contributed by atoms with Crippen molar-refractivity contribution in [3.05, 3.63) is 35.0 Å². The molecule has 1 amide bonds. The van der Waals surface area contributed by atoms with Crippen molar-refractivity contribution in [1.82, 2.24) is 15.2 Å². The maximum atomic E-state index is 12.4. The fourth-order valence-electron chi connectivity index (χ4n) is 2.77. The Morgan fingerprint density at radius 2 is 2.27 bits per heavy atom. The van der Waals surface area contributed by atoms with Crippen LogP contribution in [0.15, 0.2) is 34.5 Å². The van der Waals surface area contributed by atoms with E-state index >= 15 is 0 Å². The number of carbonyl (C=O) groups is 2. The van der Waals surface area contributed by atoms with Crippen LogP contribution in [0.1, 0.15) is 5.69 Å². The number of nitrogens with two attached hydrogens (primary N) is 1. The number of carboxylic acids is 1. The van der Waals surface area contributed by atoms with E-state index in [1.165, 1.54) is 28.1 Å². The van der Waals surface area contributed by atoms with Gasteiger partial charge in [0.05, 0.1) is 0 Å². The first-order chi connectivity index (χ1) is 12.4. The number of amides is 1. The van der Waals surface area contributed by atoms with Gasteiger partial charge in [-0.15, -0.1) is 23.1 Å². The van der Waals surface area contributed by atoms with E-state index in [9.17, 15) is 19.8 Å². The first kappa shape index (κ1) is 18.2. The molecule has 26 heavy (non-hydrogen) atoms. The van der Waals surface area contributed by atoms with Crippen LogP contribution in [0.2, 0.25) is 0 Å². The Morgan fingerprint density at radius 3 is 2.81 bits per heavy atom. The van der Waals surface area contributed by atoms with Gasteiger partial charge in [0.15, 0.2) is 17.1 Å². The summed E-state index contributed by atoms with van der Waals surface area (Å²) in [7, 11) is 0.